The number of rotatable bonds is 2. The summed E-state index contributed by atoms with van der Waals surface area (Å²) in [5.41, 5.74) is 1.47. The monoisotopic (exact) mass is 184 g/mol. The van der Waals surface area contributed by atoms with Crippen LogP contribution in [0.25, 0.3) is 0 Å². The molecule has 1 aliphatic rings. The minimum absolute atomic E-state index is 0.166. The van der Waals surface area contributed by atoms with Crippen molar-refractivity contribution in [3.05, 3.63) is 59.8 Å². The Balaban J connectivity index is 2.20. The predicted molar refractivity (Wildman–Crippen MR) is 54.8 cm³/mol. The Morgan fingerprint density at radius 2 is 2.00 bits per heavy atom. The normalized spacial score (nSPS) is 15.7. The third-order valence-corrected chi connectivity index (χ3v) is 2.02. The summed E-state index contributed by atoms with van der Waals surface area (Å²) in [7, 11) is 0. The number of aliphatic imine (C=N–C) groups is 1. The van der Waals surface area contributed by atoms with E-state index < -0.39 is 0 Å². The summed E-state index contributed by atoms with van der Waals surface area (Å²) in [5.74, 6) is -0.166. The van der Waals surface area contributed by atoms with E-state index >= 15 is 0 Å². The molecule has 0 atom stereocenters. The zero-order valence-electron chi connectivity index (χ0n) is 7.68. The fraction of sp³-hybridized carbons (Fsp3) is 0.0833. The molecule has 0 aromatic heterocycles. The Hall–Kier alpha value is -1.83. The molecule has 0 aliphatic heterocycles. The highest BCUT2D eigenvalue weighted by Crippen LogP contribution is 2.12. The van der Waals surface area contributed by atoms with Crippen LogP contribution in [0, 0.1) is 0 Å². The summed E-state index contributed by atoms with van der Waals surface area (Å²) in [6.45, 7) is 0. The van der Waals surface area contributed by atoms with Crippen LogP contribution in [-0.4, -0.2) is 5.90 Å². The molecule has 0 saturated heterocycles. The average molecular weight is 184 g/mol. The van der Waals surface area contributed by atoms with Crippen molar-refractivity contribution in [3.63, 3.8) is 0 Å². The molecule has 0 bridgehead atoms. The maximum Gasteiger partial charge on any atom is 0.0434 e. The summed E-state index contributed by atoms with van der Waals surface area (Å²) in [6, 6.07) is 9.10. The summed E-state index contributed by atoms with van der Waals surface area (Å²) in [4.78, 5) is 4.01. The van der Waals surface area contributed by atoms with E-state index in [0.29, 0.717) is 5.56 Å². The molecule has 0 heterocycles. The molecule has 0 fully saturated rings. The van der Waals surface area contributed by atoms with E-state index in [-0.39, 0.29) is 5.90 Å². The number of nitrogens with zero attached hydrogens (tertiary/aromatic N) is 1. The first kappa shape index (κ1) is 8.75. The van der Waals surface area contributed by atoms with Crippen LogP contribution >= 0.6 is 0 Å². The van der Waals surface area contributed by atoms with Gasteiger partial charge >= 0.3 is 0 Å². The van der Waals surface area contributed by atoms with E-state index in [1.807, 2.05) is 36.4 Å². The zero-order valence-corrected chi connectivity index (χ0v) is 7.68. The van der Waals surface area contributed by atoms with Crippen LogP contribution in [0.15, 0.2) is 59.2 Å². The lowest BCUT2D eigenvalue weighted by atomic mass is 10.2. The van der Waals surface area contributed by atoms with Crippen LogP contribution in [0.4, 0.5) is 0 Å². The largest absolute Gasteiger partial charge is 0.858 e. The van der Waals surface area contributed by atoms with Crippen LogP contribution in [0.3, 0.4) is 0 Å². The van der Waals surface area contributed by atoms with Crippen LogP contribution in [0.5, 0.6) is 0 Å². The molecular weight excluding hydrogens is 174 g/mol. The van der Waals surface area contributed by atoms with Gasteiger partial charge in [0.25, 0.3) is 0 Å². The Bertz CT molecular complexity index is 402. The van der Waals surface area contributed by atoms with Gasteiger partial charge in [-0.25, -0.2) is 0 Å². The molecule has 1 aliphatic carbocycles. The minimum Gasteiger partial charge on any atom is -0.858 e. The van der Waals surface area contributed by atoms with Crippen molar-refractivity contribution in [3.8, 4) is 0 Å². The number of hydrogen-bond donors (Lipinski definition) is 0. The summed E-state index contributed by atoms with van der Waals surface area (Å²) in [6.07, 6.45) is 6.52. The Morgan fingerprint density at radius 1 is 1.21 bits per heavy atom. The van der Waals surface area contributed by atoms with Gasteiger partial charge in [0.1, 0.15) is 0 Å². The topological polar surface area (TPSA) is 35.4 Å². The highest BCUT2D eigenvalue weighted by Gasteiger charge is 1.96. The first-order valence-corrected chi connectivity index (χ1v) is 4.53. The van der Waals surface area contributed by atoms with Crippen molar-refractivity contribution >= 4 is 5.90 Å². The minimum atomic E-state index is -0.166. The summed E-state index contributed by atoms with van der Waals surface area (Å²) in [5, 5.41) is 11.6. The second-order valence-electron chi connectivity index (χ2n) is 3.07. The first-order valence-electron chi connectivity index (χ1n) is 4.53. The quantitative estimate of drug-likeness (QED) is 0.508. The molecule has 0 radical (unpaired) electrons. The van der Waals surface area contributed by atoms with Crippen LogP contribution < -0.4 is 5.11 Å². The molecule has 2 nitrogen and oxygen atoms in total. The van der Waals surface area contributed by atoms with Crippen molar-refractivity contribution in [2.24, 2.45) is 4.99 Å². The van der Waals surface area contributed by atoms with Gasteiger partial charge in [-0.1, -0.05) is 42.5 Å². The lowest BCUT2D eigenvalue weighted by Crippen LogP contribution is -2.18. The third-order valence-electron chi connectivity index (χ3n) is 2.02. The smallest absolute Gasteiger partial charge is 0.0434 e. The molecule has 0 spiro atoms. The maximum absolute atomic E-state index is 11.6. The maximum atomic E-state index is 11.6. The standard InChI is InChI=1S/C12H11NO/c14-12(10-6-2-1-3-7-10)13-11-8-4-5-9-11/h1-8H,9H2,(H,13,14)/p-1. The van der Waals surface area contributed by atoms with E-state index in [9.17, 15) is 5.11 Å². The van der Waals surface area contributed by atoms with Gasteiger partial charge in [0.2, 0.25) is 0 Å². The van der Waals surface area contributed by atoms with E-state index in [0.717, 1.165) is 12.1 Å². The van der Waals surface area contributed by atoms with Gasteiger partial charge in [-0.05, 0) is 17.5 Å². The lowest BCUT2D eigenvalue weighted by Gasteiger charge is -2.10. The predicted octanol–water partition coefficient (Wildman–Crippen LogP) is 1.64. The lowest BCUT2D eigenvalue weighted by molar-refractivity contribution is -0.212. The van der Waals surface area contributed by atoms with Crippen LogP contribution in [0.1, 0.15) is 12.0 Å². The summed E-state index contributed by atoms with van der Waals surface area (Å²) < 4.78 is 0. The van der Waals surface area contributed by atoms with Gasteiger partial charge in [-0.2, -0.15) is 0 Å². The van der Waals surface area contributed by atoms with Gasteiger partial charge in [-0.3, -0.25) is 4.99 Å². The second-order valence-corrected chi connectivity index (χ2v) is 3.07. The number of hydrogen-bond acceptors (Lipinski definition) is 2. The second kappa shape index (κ2) is 3.92. The fourth-order valence-corrected chi connectivity index (χ4v) is 1.29. The first-order chi connectivity index (χ1) is 6.86. The third kappa shape index (κ3) is 1.91. The summed E-state index contributed by atoms with van der Waals surface area (Å²) >= 11 is 0. The Morgan fingerprint density at radius 3 is 2.64 bits per heavy atom. The molecule has 2 heteroatoms. The molecule has 14 heavy (non-hydrogen) atoms. The molecule has 1 aromatic rings. The molecule has 0 amide bonds. The molecule has 1 aromatic carbocycles. The van der Waals surface area contributed by atoms with Crippen molar-refractivity contribution in [2.45, 2.75) is 6.42 Å². The molecule has 0 N–H and O–H groups in total. The molecular formula is C12H10NO-. The van der Waals surface area contributed by atoms with Crippen molar-refractivity contribution in [1.29, 1.82) is 0 Å². The number of benzene rings is 1. The van der Waals surface area contributed by atoms with Gasteiger partial charge < -0.3 is 5.11 Å². The van der Waals surface area contributed by atoms with Crippen molar-refractivity contribution in [2.75, 3.05) is 0 Å². The molecule has 2 rings (SSSR count). The SMILES string of the molecule is [O-]C(=NC1=CC=CC1)c1ccccc1. The van der Waals surface area contributed by atoms with E-state index in [1.54, 1.807) is 12.1 Å². The van der Waals surface area contributed by atoms with Gasteiger partial charge in [-0.15, -0.1) is 0 Å². The molecule has 0 unspecified atom stereocenters. The van der Waals surface area contributed by atoms with Crippen LogP contribution in [-0.2, 0) is 0 Å². The fourth-order valence-electron chi connectivity index (χ4n) is 1.29. The van der Waals surface area contributed by atoms with Gasteiger partial charge in [0, 0.05) is 12.1 Å². The zero-order chi connectivity index (χ0) is 9.80. The van der Waals surface area contributed by atoms with Crippen LogP contribution in [0.2, 0.25) is 0 Å². The molecule has 0 saturated carbocycles. The van der Waals surface area contributed by atoms with Crippen molar-refractivity contribution in [1.82, 2.24) is 0 Å². The van der Waals surface area contributed by atoms with E-state index in [1.165, 1.54) is 0 Å². The van der Waals surface area contributed by atoms with Gasteiger partial charge in [0.15, 0.2) is 0 Å². The molecule has 70 valence electrons. The Kier molecular flexibility index (Phi) is 2.45. The Labute approximate surface area is 82.9 Å². The van der Waals surface area contributed by atoms with E-state index in [4.69, 9.17) is 0 Å². The van der Waals surface area contributed by atoms with E-state index in [2.05, 4.69) is 4.99 Å². The van der Waals surface area contributed by atoms with Crippen molar-refractivity contribution < 1.29 is 5.11 Å². The highest BCUT2D eigenvalue weighted by molar-refractivity contribution is 5.91. The number of allylic oxidation sites excluding steroid dienone is 3. The van der Waals surface area contributed by atoms with Gasteiger partial charge in [0.05, 0.1) is 0 Å². The highest BCUT2D eigenvalue weighted by atomic mass is 16.3. The average Bonchev–Trinajstić information content (AvgIpc) is 2.72.